The number of rotatable bonds is 7. The van der Waals surface area contributed by atoms with Gasteiger partial charge in [0.15, 0.2) is 6.23 Å². The molecule has 0 saturated carbocycles. The predicted octanol–water partition coefficient (Wildman–Crippen LogP) is 4.34. The molecule has 0 saturated heterocycles. The Hall–Kier alpha value is -4.25. The van der Waals surface area contributed by atoms with Crippen molar-refractivity contribution >= 4 is 11.6 Å². The fraction of sp³-hybridized carbons (Fsp3) is 0.136. The van der Waals surface area contributed by atoms with Gasteiger partial charge < -0.3 is 10.1 Å². The molecule has 0 aliphatic carbocycles. The smallest absolute Gasteiger partial charge is 0.227 e. The molecule has 0 aliphatic rings. The highest BCUT2D eigenvalue weighted by molar-refractivity contribution is 5.66. The second kappa shape index (κ2) is 8.84. The van der Waals surface area contributed by atoms with Crippen molar-refractivity contribution < 1.29 is 4.74 Å². The summed E-state index contributed by atoms with van der Waals surface area (Å²) in [6, 6.07) is 17.3. The Morgan fingerprint density at radius 2 is 1.90 bits per heavy atom. The summed E-state index contributed by atoms with van der Waals surface area (Å²) >= 11 is 0. The molecule has 4 aromatic rings. The van der Waals surface area contributed by atoms with Crippen LogP contribution in [0.15, 0.2) is 73.6 Å². The van der Waals surface area contributed by atoms with Crippen molar-refractivity contribution in [2.24, 2.45) is 0 Å². The fourth-order valence-corrected chi connectivity index (χ4v) is 2.92. The Balaban J connectivity index is 1.57. The molecule has 0 spiro atoms. The summed E-state index contributed by atoms with van der Waals surface area (Å²) in [6.45, 7) is 1.98. The molecule has 1 atom stereocenters. The number of nitrogens with zero attached hydrogens (tertiary/aromatic N) is 6. The molecule has 148 valence electrons. The first-order valence-electron chi connectivity index (χ1n) is 9.46. The van der Waals surface area contributed by atoms with Crippen LogP contribution in [0.25, 0.3) is 11.1 Å². The molecule has 0 amide bonds. The van der Waals surface area contributed by atoms with Crippen LogP contribution in [0.3, 0.4) is 0 Å². The number of aromatic nitrogens is 5. The summed E-state index contributed by atoms with van der Waals surface area (Å²) in [6.07, 6.45) is 6.83. The molecule has 8 nitrogen and oxygen atoms in total. The van der Waals surface area contributed by atoms with Crippen LogP contribution in [0.2, 0.25) is 0 Å². The molecule has 30 heavy (non-hydrogen) atoms. The lowest BCUT2D eigenvalue weighted by Gasteiger charge is -2.18. The van der Waals surface area contributed by atoms with Gasteiger partial charge in [-0.2, -0.15) is 10.4 Å². The number of ether oxygens (including phenoxy) is 1. The first-order chi connectivity index (χ1) is 14.8. The third-order valence-corrected chi connectivity index (χ3v) is 4.46. The van der Waals surface area contributed by atoms with Crippen molar-refractivity contribution in [1.82, 2.24) is 24.7 Å². The van der Waals surface area contributed by atoms with Crippen LogP contribution in [0.5, 0.6) is 5.75 Å². The van der Waals surface area contributed by atoms with E-state index in [0.717, 1.165) is 16.8 Å². The van der Waals surface area contributed by atoms with E-state index in [0.29, 0.717) is 23.7 Å². The van der Waals surface area contributed by atoms with Gasteiger partial charge in [-0.1, -0.05) is 31.2 Å². The number of hydrogen-bond donors (Lipinski definition) is 1. The van der Waals surface area contributed by atoms with Crippen molar-refractivity contribution in [2.75, 3.05) is 5.32 Å². The SMILES string of the molecule is CCC(Oc1cc(-c2cnc(Nc3ccccc3)nc2)ccc1C#N)n1cncn1. The topological polar surface area (TPSA) is 102 Å². The Morgan fingerprint density at radius 1 is 1.10 bits per heavy atom. The maximum Gasteiger partial charge on any atom is 0.227 e. The molecular formula is C22H19N7O. The highest BCUT2D eigenvalue weighted by Gasteiger charge is 2.15. The van der Waals surface area contributed by atoms with Gasteiger partial charge in [-0.15, -0.1) is 0 Å². The normalized spacial score (nSPS) is 11.5. The molecule has 8 heteroatoms. The molecule has 0 aliphatic heterocycles. The number of anilines is 2. The van der Waals surface area contributed by atoms with Gasteiger partial charge in [0.05, 0.1) is 5.56 Å². The van der Waals surface area contributed by atoms with E-state index >= 15 is 0 Å². The van der Waals surface area contributed by atoms with Crippen LogP contribution < -0.4 is 10.1 Å². The number of nitriles is 1. The Labute approximate surface area is 173 Å². The molecule has 0 fully saturated rings. The average molecular weight is 397 g/mol. The van der Waals surface area contributed by atoms with Crippen molar-refractivity contribution in [3.05, 3.63) is 79.1 Å². The third-order valence-electron chi connectivity index (χ3n) is 4.46. The average Bonchev–Trinajstić information content (AvgIpc) is 3.33. The van der Waals surface area contributed by atoms with E-state index in [1.807, 2.05) is 49.4 Å². The van der Waals surface area contributed by atoms with Crippen LogP contribution in [-0.4, -0.2) is 24.7 Å². The molecule has 0 radical (unpaired) electrons. The standard InChI is InChI=1S/C22H19N7O/c1-2-21(29-15-24-14-27-29)30-20-10-16(8-9-17(20)11-23)18-12-25-22(26-13-18)28-19-6-4-3-5-7-19/h3-10,12-15,21H,2H2,1H3,(H,25,26,28). The van der Waals surface area contributed by atoms with E-state index < -0.39 is 0 Å². The van der Waals surface area contributed by atoms with Crippen molar-refractivity contribution in [2.45, 2.75) is 19.6 Å². The molecule has 1 N–H and O–H groups in total. The minimum absolute atomic E-state index is 0.358. The van der Waals surface area contributed by atoms with Gasteiger partial charge in [0.1, 0.15) is 24.5 Å². The fourth-order valence-electron chi connectivity index (χ4n) is 2.92. The van der Waals surface area contributed by atoms with Crippen molar-refractivity contribution in [1.29, 1.82) is 5.26 Å². The highest BCUT2D eigenvalue weighted by Crippen LogP contribution is 2.29. The Morgan fingerprint density at radius 3 is 2.57 bits per heavy atom. The van der Waals surface area contributed by atoms with E-state index in [2.05, 4.69) is 31.4 Å². The van der Waals surface area contributed by atoms with E-state index in [-0.39, 0.29) is 6.23 Å². The summed E-state index contributed by atoms with van der Waals surface area (Å²) in [5.74, 6) is 0.983. The molecule has 2 heterocycles. The van der Waals surface area contributed by atoms with Gasteiger partial charge in [0.2, 0.25) is 5.95 Å². The monoisotopic (exact) mass is 397 g/mol. The number of nitrogens with one attached hydrogen (secondary N) is 1. The first-order valence-corrected chi connectivity index (χ1v) is 9.46. The highest BCUT2D eigenvalue weighted by atomic mass is 16.5. The summed E-state index contributed by atoms with van der Waals surface area (Å²) in [5.41, 5.74) is 3.03. The van der Waals surface area contributed by atoms with Crippen LogP contribution in [0.4, 0.5) is 11.6 Å². The first kappa shape index (κ1) is 19.1. The second-order valence-electron chi connectivity index (χ2n) is 6.47. The third kappa shape index (κ3) is 4.25. The molecular weight excluding hydrogens is 378 g/mol. The maximum absolute atomic E-state index is 9.47. The minimum Gasteiger partial charge on any atom is -0.467 e. The predicted molar refractivity (Wildman–Crippen MR) is 112 cm³/mol. The lowest BCUT2D eigenvalue weighted by atomic mass is 10.1. The summed E-state index contributed by atoms with van der Waals surface area (Å²) in [7, 11) is 0. The van der Waals surface area contributed by atoms with Crippen LogP contribution in [-0.2, 0) is 0 Å². The number of para-hydroxylation sites is 1. The van der Waals surface area contributed by atoms with Gasteiger partial charge in [-0.25, -0.2) is 19.6 Å². The van der Waals surface area contributed by atoms with Gasteiger partial charge >= 0.3 is 0 Å². The summed E-state index contributed by atoms with van der Waals surface area (Å²) in [4.78, 5) is 12.7. The van der Waals surface area contributed by atoms with E-state index in [4.69, 9.17) is 4.74 Å². The van der Waals surface area contributed by atoms with Crippen LogP contribution >= 0.6 is 0 Å². The van der Waals surface area contributed by atoms with Crippen molar-refractivity contribution in [3.63, 3.8) is 0 Å². The van der Waals surface area contributed by atoms with E-state index in [1.165, 1.54) is 6.33 Å². The van der Waals surface area contributed by atoms with Gasteiger partial charge in [-0.3, -0.25) is 0 Å². The van der Waals surface area contributed by atoms with Gasteiger partial charge in [0.25, 0.3) is 0 Å². The lowest BCUT2D eigenvalue weighted by molar-refractivity contribution is 0.113. The largest absolute Gasteiger partial charge is 0.467 e. The Kier molecular flexibility index (Phi) is 5.62. The minimum atomic E-state index is -0.358. The van der Waals surface area contributed by atoms with Crippen molar-refractivity contribution in [3.8, 4) is 22.9 Å². The second-order valence-corrected chi connectivity index (χ2v) is 6.47. The lowest BCUT2D eigenvalue weighted by Crippen LogP contribution is -2.16. The Bertz CT molecular complexity index is 1140. The van der Waals surface area contributed by atoms with E-state index in [9.17, 15) is 5.26 Å². The van der Waals surface area contributed by atoms with Gasteiger partial charge in [0, 0.05) is 30.1 Å². The summed E-state index contributed by atoms with van der Waals surface area (Å²) in [5, 5.41) is 16.8. The summed E-state index contributed by atoms with van der Waals surface area (Å²) < 4.78 is 7.71. The quantitative estimate of drug-likeness (QED) is 0.495. The zero-order chi connectivity index (χ0) is 20.8. The van der Waals surface area contributed by atoms with Crippen LogP contribution in [0, 0.1) is 11.3 Å². The molecule has 0 bridgehead atoms. The molecule has 2 aromatic heterocycles. The van der Waals surface area contributed by atoms with Gasteiger partial charge in [-0.05, 0) is 29.8 Å². The zero-order valence-electron chi connectivity index (χ0n) is 16.3. The van der Waals surface area contributed by atoms with Crippen LogP contribution in [0.1, 0.15) is 25.1 Å². The maximum atomic E-state index is 9.47. The molecule has 1 unspecified atom stereocenters. The zero-order valence-corrected chi connectivity index (χ0v) is 16.3. The molecule has 4 rings (SSSR count). The number of hydrogen-bond acceptors (Lipinski definition) is 7. The number of benzene rings is 2. The molecule has 2 aromatic carbocycles. The van der Waals surface area contributed by atoms with E-state index in [1.54, 1.807) is 29.5 Å².